The van der Waals surface area contributed by atoms with Crippen LogP contribution in [0.5, 0.6) is 0 Å². The zero-order valence-corrected chi connectivity index (χ0v) is 44.6. The Morgan fingerprint density at radius 2 is 0.551 bits per heavy atom. The highest BCUT2D eigenvalue weighted by Gasteiger charge is 2.22. The number of hydrogen-bond donors (Lipinski definition) is 12. The molecule has 28 heteroatoms. The molecule has 0 unspecified atom stereocenters. The van der Waals surface area contributed by atoms with E-state index in [4.69, 9.17) is 22.3 Å². The number of nitrogens with zero attached hydrogens (tertiary/aromatic N) is 6. The fourth-order valence-electron chi connectivity index (χ4n) is 7.91. The second kappa shape index (κ2) is 25.1. The maximum Gasteiger partial charge on any atom is 0.272 e. The van der Waals surface area contributed by atoms with Crippen LogP contribution in [0.4, 0.5) is 34.1 Å². The lowest BCUT2D eigenvalue weighted by molar-refractivity contribution is 0.0938. The third-order valence-electron chi connectivity index (χ3n) is 11.7. The minimum Gasteiger partial charge on any atom is -0.388 e. The molecule has 0 aliphatic heterocycles. The van der Waals surface area contributed by atoms with Crippen molar-refractivity contribution in [3.8, 4) is 0 Å². The summed E-state index contributed by atoms with van der Waals surface area (Å²) in [7, 11) is 9.81. The molecule has 6 aromatic heterocycles. The molecule has 7 rings (SSSR count). The van der Waals surface area contributed by atoms with Gasteiger partial charge in [-0.15, -0.1) is 24.8 Å². The summed E-state index contributed by atoms with van der Waals surface area (Å²) in [6, 6.07) is 14.8. The molecule has 78 heavy (non-hydrogen) atoms. The Bertz CT molecular complexity index is 3260. The van der Waals surface area contributed by atoms with Crippen molar-refractivity contribution >= 4 is 118 Å². The lowest BCUT2D eigenvalue weighted by Crippen LogP contribution is -2.28. The first-order valence-corrected chi connectivity index (χ1v) is 23.2. The number of anilines is 6. The van der Waals surface area contributed by atoms with Gasteiger partial charge in [0.1, 0.15) is 34.2 Å². The van der Waals surface area contributed by atoms with Crippen molar-refractivity contribution in [2.24, 2.45) is 53.8 Å². The Morgan fingerprint density at radius 3 is 0.756 bits per heavy atom. The number of aromatic nitrogens is 6. The molecule has 0 spiro atoms. The van der Waals surface area contributed by atoms with Gasteiger partial charge >= 0.3 is 0 Å². The van der Waals surface area contributed by atoms with E-state index >= 15 is 0 Å². The SMILES string of the molecule is Cl.Cl.Cn1cc(NC(=O)c2cc(NC(=O)c3cc(NC(=O)c4ccc(C(=O)Nc5cc(C(=O)Nc6cc(C(=O)Nc7cc(C(=O)NCCC(=N)N)n(C)c7)n(C)c6)n(C)c5)cc4)cn3C)cn2C)cc1C(=O)NCCC(=N)N. The van der Waals surface area contributed by atoms with Crippen LogP contribution in [0.15, 0.2) is 97.8 Å². The molecule has 0 saturated carbocycles. The molecule has 0 fully saturated rings. The van der Waals surface area contributed by atoms with E-state index in [9.17, 15) is 38.4 Å². The molecular formula is C50H58Cl2N18O8. The highest BCUT2D eigenvalue weighted by molar-refractivity contribution is 6.11. The summed E-state index contributed by atoms with van der Waals surface area (Å²) >= 11 is 0. The van der Waals surface area contributed by atoms with Gasteiger partial charge in [0, 0.05) is 117 Å². The number of amidine groups is 2. The first kappa shape index (κ1) is 59.1. The quantitative estimate of drug-likeness (QED) is 0.0381. The molecular weight excluding hydrogens is 1050 g/mol. The second-order valence-corrected chi connectivity index (χ2v) is 17.7. The molecule has 0 atom stereocenters. The molecule has 14 N–H and O–H groups in total. The van der Waals surface area contributed by atoms with Crippen molar-refractivity contribution in [3.05, 3.63) is 143 Å². The number of aryl methyl sites for hydroxylation is 6. The van der Waals surface area contributed by atoms with Gasteiger partial charge in [-0.3, -0.25) is 49.2 Å². The van der Waals surface area contributed by atoms with Crippen LogP contribution in [-0.4, -0.2) is 99.4 Å². The van der Waals surface area contributed by atoms with E-state index in [1.165, 1.54) is 78.9 Å². The summed E-state index contributed by atoms with van der Waals surface area (Å²) in [4.78, 5) is 105. The van der Waals surface area contributed by atoms with Gasteiger partial charge in [0.15, 0.2) is 0 Å². The number of amides is 8. The molecule has 0 radical (unpaired) electrons. The molecule has 0 aliphatic rings. The third-order valence-corrected chi connectivity index (χ3v) is 11.7. The Balaban J connectivity index is 0.00000560. The van der Waals surface area contributed by atoms with Gasteiger partial charge in [-0.05, 0) is 60.7 Å². The number of benzene rings is 1. The van der Waals surface area contributed by atoms with Crippen molar-refractivity contribution in [3.63, 3.8) is 0 Å². The molecule has 7 aromatic rings. The number of carbonyl (C=O) groups is 8. The number of nitrogens with two attached hydrogens (primary N) is 2. The van der Waals surface area contributed by atoms with Crippen LogP contribution in [0.1, 0.15) is 96.5 Å². The van der Waals surface area contributed by atoms with Crippen molar-refractivity contribution in [2.45, 2.75) is 12.8 Å². The lowest BCUT2D eigenvalue weighted by Gasteiger charge is -2.05. The average Bonchev–Trinajstić information content (AvgIpc) is 4.22. The summed E-state index contributed by atoms with van der Waals surface area (Å²) in [6.07, 6.45) is 9.77. The molecule has 6 heterocycles. The van der Waals surface area contributed by atoms with E-state index in [1.807, 2.05) is 0 Å². The fraction of sp³-hybridized carbons (Fsp3) is 0.200. The van der Waals surface area contributed by atoms with E-state index in [-0.39, 0.29) is 108 Å². The number of hydrogen-bond acceptors (Lipinski definition) is 10. The van der Waals surface area contributed by atoms with Gasteiger partial charge in [0.05, 0.1) is 45.8 Å². The van der Waals surface area contributed by atoms with Crippen molar-refractivity contribution in [2.75, 3.05) is 45.0 Å². The van der Waals surface area contributed by atoms with E-state index in [0.717, 1.165) is 0 Å². The van der Waals surface area contributed by atoms with Crippen LogP contribution in [0, 0.1) is 10.8 Å². The van der Waals surface area contributed by atoms with Crippen molar-refractivity contribution in [1.82, 2.24) is 38.0 Å². The Morgan fingerprint density at radius 1 is 0.359 bits per heavy atom. The molecule has 26 nitrogen and oxygen atoms in total. The minimum atomic E-state index is -0.522. The summed E-state index contributed by atoms with van der Waals surface area (Å²) in [6.45, 7) is 0.375. The molecule has 1 aromatic carbocycles. The topological polar surface area (TPSA) is 362 Å². The van der Waals surface area contributed by atoms with Gasteiger partial charge in [-0.1, -0.05) is 0 Å². The van der Waals surface area contributed by atoms with Gasteiger partial charge in [-0.25, -0.2) is 0 Å². The van der Waals surface area contributed by atoms with E-state index in [0.29, 0.717) is 34.1 Å². The summed E-state index contributed by atoms with van der Waals surface area (Å²) in [5.41, 5.74) is 14.5. The standard InChI is InChI=1S/C50H56N18O8.2ClH/c1-63-23-31(15-35(63)45(71)55-13-11-41(51)52)59-49(75)39-19-33(25-67(39)5)61-47(73)37-17-29(21-65(37)3)57-43(69)27-7-9-28(10-8-27)44(70)58-30-18-38(66(4)22-30)48(74)62-34-20-40(68(6)26-34)50(76)60-32-16-36(64(2)24-32)46(72)56-14-12-42(53)54;;/h7-10,15-26H,11-14H2,1-6H3,(H3,51,52)(H3,53,54)(H,55,71)(H,56,72)(H,57,69)(H,58,70)(H,59,75)(H,60,76)(H,61,73)(H,62,74);2*1H. The second-order valence-electron chi connectivity index (χ2n) is 17.7. The highest BCUT2D eigenvalue weighted by Crippen LogP contribution is 2.23. The van der Waals surface area contributed by atoms with Gasteiger partial charge in [0.25, 0.3) is 47.3 Å². The van der Waals surface area contributed by atoms with E-state index in [1.54, 1.807) is 88.6 Å². The maximum absolute atomic E-state index is 13.4. The smallest absolute Gasteiger partial charge is 0.272 e. The van der Waals surface area contributed by atoms with Gasteiger partial charge < -0.3 is 81.4 Å². The van der Waals surface area contributed by atoms with Crippen molar-refractivity contribution in [1.29, 1.82) is 10.8 Å². The predicted molar refractivity (Wildman–Crippen MR) is 299 cm³/mol. The van der Waals surface area contributed by atoms with Crippen LogP contribution in [0.25, 0.3) is 0 Å². The van der Waals surface area contributed by atoms with Crippen LogP contribution in [-0.2, 0) is 42.3 Å². The average molecular weight is 1110 g/mol. The predicted octanol–water partition coefficient (Wildman–Crippen LogP) is 4.19. The molecule has 8 amide bonds. The third kappa shape index (κ3) is 14.3. The van der Waals surface area contributed by atoms with Gasteiger partial charge in [-0.2, -0.15) is 0 Å². The number of halogens is 2. The minimum absolute atomic E-state index is 0. The van der Waals surface area contributed by atoms with Crippen LogP contribution < -0.4 is 54.0 Å². The molecule has 410 valence electrons. The summed E-state index contributed by atoms with van der Waals surface area (Å²) < 4.78 is 9.19. The molecule has 0 aliphatic carbocycles. The number of nitrogens with one attached hydrogen (secondary N) is 10. The summed E-state index contributed by atoms with van der Waals surface area (Å²) in [5, 5.41) is 36.5. The zero-order valence-electron chi connectivity index (χ0n) is 43.0. The van der Waals surface area contributed by atoms with Crippen LogP contribution in [0.3, 0.4) is 0 Å². The fourth-order valence-corrected chi connectivity index (χ4v) is 7.91. The van der Waals surface area contributed by atoms with E-state index < -0.39 is 47.3 Å². The first-order chi connectivity index (χ1) is 36.0. The molecule has 0 saturated heterocycles. The lowest BCUT2D eigenvalue weighted by atomic mass is 10.1. The van der Waals surface area contributed by atoms with E-state index in [2.05, 4.69) is 42.5 Å². The van der Waals surface area contributed by atoms with Crippen LogP contribution in [0.2, 0.25) is 0 Å². The van der Waals surface area contributed by atoms with Crippen LogP contribution >= 0.6 is 24.8 Å². The molecule has 0 bridgehead atoms. The zero-order chi connectivity index (χ0) is 55.1. The van der Waals surface area contributed by atoms with Crippen molar-refractivity contribution < 1.29 is 38.4 Å². The Kier molecular flexibility index (Phi) is 19.0. The largest absolute Gasteiger partial charge is 0.388 e. The Labute approximate surface area is 458 Å². The number of carbonyl (C=O) groups excluding carboxylic acids is 8. The first-order valence-electron chi connectivity index (χ1n) is 23.2. The number of rotatable bonds is 20. The normalized spacial score (nSPS) is 10.5. The highest BCUT2D eigenvalue weighted by atomic mass is 35.5. The van der Waals surface area contributed by atoms with Gasteiger partial charge in [0.2, 0.25) is 0 Å². The maximum atomic E-state index is 13.4. The monoisotopic (exact) mass is 1110 g/mol. The summed E-state index contributed by atoms with van der Waals surface area (Å²) in [5.74, 6) is -3.96. The Hall–Kier alpha value is -9.82.